The van der Waals surface area contributed by atoms with Crippen molar-refractivity contribution in [2.45, 2.75) is 44.2 Å². The topological polar surface area (TPSA) is 46.6 Å². The van der Waals surface area contributed by atoms with Gasteiger partial charge in [-0.25, -0.2) is 0 Å². The molecule has 0 spiro atoms. The van der Waals surface area contributed by atoms with Crippen LogP contribution in [0.15, 0.2) is 24.3 Å². The number of carbonyl (C=O) groups excluding carboxylic acids is 2. The minimum Gasteiger partial charge on any atom is -0.494 e. The number of hydrogen-bond donors (Lipinski definition) is 0. The van der Waals surface area contributed by atoms with Gasteiger partial charge in [-0.1, -0.05) is 0 Å². The SMILES string of the molecule is O=C(c1ccc(OCCCC(F)(F)F)cc1)C(F)(F)C(=O)N1CCCCC1. The van der Waals surface area contributed by atoms with E-state index in [0.29, 0.717) is 12.8 Å². The van der Waals surface area contributed by atoms with Crippen LogP contribution in [0.4, 0.5) is 22.0 Å². The van der Waals surface area contributed by atoms with Crippen molar-refractivity contribution in [1.29, 1.82) is 0 Å². The number of ketones is 1. The number of carbonyl (C=O) groups is 2. The van der Waals surface area contributed by atoms with Gasteiger partial charge in [0.25, 0.3) is 0 Å². The van der Waals surface area contributed by atoms with E-state index in [1.54, 1.807) is 0 Å². The summed E-state index contributed by atoms with van der Waals surface area (Å²) in [5, 5.41) is 0. The summed E-state index contributed by atoms with van der Waals surface area (Å²) in [7, 11) is 0. The second-order valence-corrected chi connectivity index (χ2v) is 6.35. The molecule has 150 valence electrons. The lowest BCUT2D eigenvalue weighted by Crippen LogP contribution is -2.49. The molecule has 0 N–H and O–H groups in total. The van der Waals surface area contributed by atoms with Crippen molar-refractivity contribution in [3.8, 4) is 5.75 Å². The van der Waals surface area contributed by atoms with Gasteiger partial charge in [0.2, 0.25) is 5.78 Å². The van der Waals surface area contributed by atoms with Gasteiger partial charge >= 0.3 is 18.0 Å². The third-order valence-corrected chi connectivity index (χ3v) is 4.19. The lowest BCUT2D eigenvalue weighted by Gasteiger charge is -2.29. The van der Waals surface area contributed by atoms with Crippen molar-refractivity contribution in [1.82, 2.24) is 4.90 Å². The molecule has 1 aromatic carbocycles. The van der Waals surface area contributed by atoms with Crippen LogP contribution in [-0.4, -0.2) is 48.4 Å². The Morgan fingerprint density at radius 2 is 1.56 bits per heavy atom. The maximum absolute atomic E-state index is 14.3. The van der Waals surface area contributed by atoms with E-state index in [0.717, 1.165) is 23.5 Å². The Hall–Kier alpha value is -2.19. The fourth-order valence-corrected chi connectivity index (χ4v) is 2.74. The van der Waals surface area contributed by atoms with Crippen molar-refractivity contribution in [3.05, 3.63) is 29.8 Å². The van der Waals surface area contributed by atoms with Crippen molar-refractivity contribution in [3.63, 3.8) is 0 Å². The number of benzene rings is 1. The zero-order chi connectivity index (χ0) is 20.1. The molecular weight excluding hydrogens is 373 g/mol. The summed E-state index contributed by atoms with van der Waals surface area (Å²) in [6.45, 7) is 0.204. The maximum atomic E-state index is 14.3. The first kappa shape index (κ1) is 21.1. The Morgan fingerprint density at radius 1 is 0.963 bits per heavy atom. The zero-order valence-corrected chi connectivity index (χ0v) is 14.5. The normalized spacial score (nSPS) is 15.5. The number of ether oxygens (including phenoxy) is 1. The summed E-state index contributed by atoms with van der Waals surface area (Å²) in [6.07, 6.45) is -3.41. The molecule has 1 heterocycles. The van der Waals surface area contributed by atoms with Gasteiger partial charge in [0, 0.05) is 25.1 Å². The molecule has 1 aromatic rings. The number of alkyl halides is 5. The molecule has 1 aliphatic heterocycles. The highest BCUT2D eigenvalue weighted by atomic mass is 19.4. The third kappa shape index (κ3) is 5.90. The Balaban J connectivity index is 1.94. The Bertz CT molecular complexity index is 652. The molecule has 0 aromatic heterocycles. The summed E-state index contributed by atoms with van der Waals surface area (Å²) in [6, 6.07) is 4.56. The van der Waals surface area contributed by atoms with E-state index in [-0.39, 0.29) is 37.4 Å². The second-order valence-electron chi connectivity index (χ2n) is 6.35. The lowest BCUT2D eigenvalue weighted by molar-refractivity contribution is -0.151. The fraction of sp³-hybridized carbons (Fsp3) is 0.556. The number of piperidine rings is 1. The molecule has 0 saturated carbocycles. The van der Waals surface area contributed by atoms with E-state index < -0.39 is 30.2 Å². The number of rotatable bonds is 7. The van der Waals surface area contributed by atoms with E-state index in [4.69, 9.17) is 4.74 Å². The average molecular weight is 393 g/mol. The van der Waals surface area contributed by atoms with Gasteiger partial charge in [-0.3, -0.25) is 9.59 Å². The molecular formula is C18H20F5NO3. The molecule has 1 saturated heterocycles. The van der Waals surface area contributed by atoms with Gasteiger partial charge in [0.05, 0.1) is 6.61 Å². The Labute approximate surface area is 153 Å². The highest BCUT2D eigenvalue weighted by Crippen LogP contribution is 2.26. The van der Waals surface area contributed by atoms with E-state index in [1.807, 2.05) is 0 Å². The molecule has 4 nitrogen and oxygen atoms in total. The van der Waals surface area contributed by atoms with Crippen molar-refractivity contribution in [2.24, 2.45) is 0 Å². The molecule has 1 aliphatic rings. The molecule has 0 unspecified atom stereocenters. The number of halogens is 5. The second kappa shape index (κ2) is 8.67. The predicted molar refractivity (Wildman–Crippen MR) is 86.9 cm³/mol. The van der Waals surface area contributed by atoms with E-state index in [9.17, 15) is 31.5 Å². The van der Waals surface area contributed by atoms with Crippen molar-refractivity contribution < 1.29 is 36.3 Å². The molecule has 2 rings (SSSR count). The molecule has 0 aliphatic carbocycles. The van der Waals surface area contributed by atoms with E-state index in [1.165, 1.54) is 12.1 Å². The number of Topliss-reactive ketones (excluding diaryl/α,β-unsaturated/α-hetero) is 1. The number of likely N-dealkylation sites (tertiary alicyclic amines) is 1. The van der Waals surface area contributed by atoms with Gasteiger partial charge in [0.15, 0.2) is 0 Å². The molecule has 9 heteroatoms. The Morgan fingerprint density at radius 3 is 2.11 bits per heavy atom. The lowest BCUT2D eigenvalue weighted by atomic mass is 10.0. The molecule has 0 bridgehead atoms. The van der Waals surface area contributed by atoms with Crippen LogP contribution < -0.4 is 4.74 Å². The van der Waals surface area contributed by atoms with Crippen LogP contribution >= 0.6 is 0 Å². The first-order valence-electron chi connectivity index (χ1n) is 8.63. The first-order valence-corrected chi connectivity index (χ1v) is 8.63. The van der Waals surface area contributed by atoms with Crippen molar-refractivity contribution >= 4 is 11.7 Å². The molecule has 1 amide bonds. The monoisotopic (exact) mass is 393 g/mol. The molecule has 1 fully saturated rings. The largest absolute Gasteiger partial charge is 0.494 e. The summed E-state index contributed by atoms with van der Waals surface area (Å²) in [5.74, 6) is -7.12. The minimum atomic E-state index is -4.27. The quantitative estimate of drug-likeness (QED) is 0.301. The van der Waals surface area contributed by atoms with Gasteiger partial charge in [0.1, 0.15) is 5.75 Å². The van der Waals surface area contributed by atoms with Crippen LogP contribution in [0.5, 0.6) is 5.75 Å². The number of amides is 1. The summed E-state index contributed by atoms with van der Waals surface area (Å²) >= 11 is 0. The number of nitrogens with zero attached hydrogens (tertiary/aromatic N) is 1. The van der Waals surface area contributed by atoms with Crippen LogP contribution in [0.25, 0.3) is 0 Å². The van der Waals surface area contributed by atoms with E-state index >= 15 is 0 Å². The van der Waals surface area contributed by atoms with Gasteiger partial charge in [-0.2, -0.15) is 22.0 Å². The minimum absolute atomic E-state index is 0.152. The van der Waals surface area contributed by atoms with Crippen molar-refractivity contribution in [2.75, 3.05) is 19.7 Å². The van der Waals surface area contributed by atoms with Gasteiger partial charge in [-0.05, 0) is 49.9 Å². The fourth-order valence-electron chi connectivity index (χ4n) is 2.74. The summed E-state index contributed by atoms with van der Waals surface area (Å²) in [4.78, 5) is 25.1. The van der Waals surface area contributed by atoms with Crippen LogP contribution in [0.3, 0.4) is 0 Å². The smallest absolute Gasteiger partial charge is 0.389 e. The Kier molecular flexibility index (Phi) is 6.78. The van der Waals surface area contributed by atoms with Crippen LogP contribution in [0.2, 0.25) is 0 Å². The highest BCUT2D eigenvalue weighted by Gasteiger charge is 2.49. The van der Waals surface area contributed by atoms with Crippen LogP contribution in [0.1, 0.15) is 42.5 Å². The van der Waals surface area contributed by atoms with Crippen LogP contribution in [0, 0.1) is 0 Å². The zero-order valence-electron chi connectivity index (χ0n) is 14.5. The molecule has 27 heavy (non-hydrogen) atoms. The first-order chi connectivity index (χ1) is 12.6. The number of hydrogen-bond acceptors (Lipinski definition) is 3. The van der Waals surface area contributed by atoms with E-state index in [2.05, 4.69) is 0 Å². The third-order valence-electron chi connectivity index (χ3n) is 4.19. The summed E-state index contributed by atoms with van der Waals surface area (Å²) < 4.78 is 69.7. The predicted octanol–water partition coefficient (Wildman–Crippen LogP) is 4.24. The molecule has 0 atom stereocenters. The van der Waals surface area contributed by atoms with Gasteiger partial charge < -0.3 is 9.64 Å². The summed E-state index contributed by atoms with van der Waals surface area (Å²) in [5.41, 5.74) is -0.368. The van der Waals surface area contributed by atoms with Gasteiger partial charge in [-0.15, -0.1) is 0 Å². The standard InChI is InChI=1S/C18H20F5NO3/c19-17(20,21)9-4-12-27-14-7-5-13(6-8-14)15(25)18(22,23)16(26)24-10-2-1-3-11-24/h5-8H,1-4,9-12H2. The molecule has 0 radical (unpaired) electrons. The highest BCUT2D eigenvalue weighted by molar-refractivity contribution is 6.15. The maximum Gasteiger partial charge on any atom is 0.389 e. The van der Waals surface area contributed by atoms with Crippen LogP contribution in [-0.2, 0) is 4.79 Å². The average Bonchev–Trinajstić information content (AvgIpc) is 2.64.